The minimum absolute atomic E-state index is 0.0455. The molecule has 27 heavy (non-hydrogen) atoms. The van der Waals surface area contributed by atoms with Crippen LogP contribution in [-0.4, -0.2) is 32.3 Å². The minimum atomic E-state index is 0.0455. The Balaban J connectivity index is 1.68. The number of nitriles is 1. The number of aromatic nitrogens is 3. The topological polar surface area (TPSA) is 77.7 Å². The highest BCUT2D eigenvalue weighted by atomic mass is 16.1. The molecule has 6 nitrogen and oxygen atoms in total. The van der Waals surface area contributed by atoms with Gasteiger partial charge in [0.15, 0.2) is 0 Å². The zero-order chi connectivity index (χ0) is 18.4. The molecule has 0 bridgehead atoms. The number of rotatable bonds is 4. The monoisotopic (exact) mass is 365 g/mol. The van der Waals surface area contributed by atoms with Crippen LogP contribution in [0.25, 0.3) is 11.0 Å². The number of nitrogens with zero attached hydrogens (tertiary/aromatic N) is 4. The molecule has 1 N–H and O–H groups in total. The van der Waals surface area contributed by atoms with E-state index in [1.165, 1.54) is 36.6 Å². The van der Waals surface area contributed by atoms with Crippen molar-refractivity contribution in [2.45, 2.75) is 82.8 Å². The van der Waals surface area contributed by atoms with E-state index < -0.39 is 0 Å². The van der Waals surface area contributed by atoms with Gasteiger partial charge < -0.3 is 4.98 Å². The molecule has 2 aromatic rings. The van der Waals surface area contributed by atoms with Crippen molar-refractivity contribution in [3.05, 3.63) is 27.2 Å². The number of nitrogens with one attached hydrogen (secondary N) is 1. The Morgan fingerprint density at radius 1 is 1.11 bits per heavy atom. The van der Waals surface area contributed by atoms with Crippen LogP contribution < -0.4 is 5.56 Å². The standard InChI is InChI=1S/C21H27N5O/c22-11-5-13-26-20-18(15-8-1-2-9-16(15)21(27)23-20)19(24-26)17-10-4-12-25(17)14-6-3-7-14/h14,17H,1-10,12-13H2,(H,23,27)/t17-/m1/s1. The van der Waals surface area contributed by atoms with Crippen molar-refractivity contribution in [1.29, 1.82) is 5.26 Å². The predicted octanol–water partition coefficient (Wildman–Crippen LogP) is 3.21. The van der Waals surface area contributed by atoms with E-state index in [2.05, 4.69) is 16.0 Å². The first-order valence-corrected chi connectivity index (χ1v) is 10.5. The Hall–Kier alpha value is -2.13. The Morgan fingerprint density at radius 2 is 1.93 bits per heavy atom. The van der Waals surface area contributed by atoms with E-state index in [1.54, 1.807) is 0 Å². The van der Waals surface area contributed by atoms with Gasteiger partial charge in [-0.15, -0.1) is 0 Å². The summed E-state index contributed by atoms with van der Waals surface area (Å²) in [6, 6.07) is 3.28. The van der Waals surface area contributed by atoms with E-state index in [4.69, 9.17) is 10.4 Å². The molecule has 1 atom stereocenters. The smallest absolute Gasteiger partial charge is 0.253 e. The second kappa shape index (κ2) is 6.79. The van der Waals surface area contributed by atoms with E-state index in [9.17, 15) is 4.79 Å². The summed E-state index contributed by atoms with van der Waals surface area (Å²) in [6.45, 7) is 1.70. The molecule has 3 heterocycles. The molecule has 2 aliphatic carbocycles. The summed E-state index contributed by atoms with van der Waals surface area (Å²) in [4.78, 5) is 18.5. The van der Waals surface area contributed by atoms with E-state index in [-0.39, 0.29) is 5.56 Å². The molecule has 2 fully saturated rings. The number of hydrogen-bond acceptors (Lipinski definition) is 4. The van der Waals surface area contributed by atoms with Crippen LogP contribution >= 0.6 is 0 Å². The SMILES string of the molecule is N#CCCn1nc([C@H]2CCCN2C2CCC2)c2c3c(c(=O)[nH]c21)CCCC3. The summed E-state index contributed by atoms with van der Waals surface area (Å²) < 4.78 is 1.89. The highest BCUT2D eigenvalue weighted by molar-refractivity contribution is 5.84. The van der Waals surface area contributed by atoms with Crippen LogP contribution in [0.4, 0.5) is 0 Å². The second-order valence-electron chi connectivity index (χ2n) is 8.34. The summed E-state index contributed by atoms with van der Waals surface area (Å²) in [5.41, 5.74) is 4.25. The predicted molar refractivity (Wildman–Crippen MR) is 104 cm³/mol. The fraction of sp³-hybridized carbons (Fsp3) is 0.667. The largest absolute Gasteiger partial charge is 0.307 e. The lowest BCUT2D eigenvalue weighted by Gasteiger charge is -2.38. The number of hydrogen-bond donors (Lipinski definition) is 1. The summed E-state index contributed by atoms with van der Waals surface area (Å²) >= 11 is 0. The number of fused-ring (bicyclic) bond motifs is 3. The average molecular weight is 365 g/mol. The van der Waals surface area contributed by atoms with Crippen LogP contribution in [0.1, 0.15) is 74.2 Å². The van der Waals surface area contributed by atoms with Crippen LogP contribution in [0.3, 0.4) is 0 Å². The molecular weight excluding hydrogens is 338 g/mol. The van der Waals surface area contributed by atoms with Gasteiger partial charge in [-0.1, -0.05) is 6.42 Å². The van der Waals surface area contributed by atoms with Crippen LogP contribution in [0, 0.1) is 11.3 Å². The highest BCUT2D eigenvalue weighted by Crippen LogP contribution is 2.42. The number of likely N-dealkylation sites (tertiary alicyclic amines) is 1. The van der Waals surface area contributed by atoms with Crippen LogP contribution in [0.15, 0.2) is 4.79 Å². The minimum Gasteiger partial charge on any atom is -0.307 e. The van der Waals surface area contributed by atoms with E-state index in [1.807, 2.05) is 4.68 Å². The van der Waals surface area contributed by atoms with E-state index in [0.29, 0.717) is 25.0 Å². The molecule has 0 unspecified atom stereocenters. The molecule has 6 heteroatoms. The van der Waals surface area contributed by atoms with Gasteiger partial charge in [-0.05, 0) is 63.5 Å². The maximum absolute atomic E-state index is 12.7. The van der Waals surface area contributed by atoms with Gasteiger partial charge in [-0.3, -0.25) is 9.69 Å². The Labute approximate surface area is 159 Å². The van der Waals surface area contributed by atoms with Crippen LogP contribution in [0.5, 0.6) is 0 Å². The molecule has 0 spiro atoms. The van der Waals surface area contributed by atoms with Gasteiger partial charge in [0.25, 0.3) is 5.56 Å². The van der Waals surface area contributed by atoms with Gasteiger partial charge in [0.2, 0.25) is 0 Å². The lowest BCUT2D eigenvalue weighted by Crippen LogP contribution is -2.39. The van der Waals surface area contributed by atoms with Gasteiger partial charge in [0.1, 0.15) is 5.65 Å². The van der Waals surface area contributed by atoms with Crippen molar-refractivity contribution in [3.63, 3.8) is 0 Å². The Bertz CT molecular complexity index is 962. The highest BCUT2D eigenvalue weighted by Gasteiger charge is 2.38. The van der Waals surface area contributed by atoms with Crippen molar-refractivity contribution in [3.8, 4) is 6.07 Å². The molecule has 1 saturated carbocycles. The summed E-state index contributed by atoms with van der Waals surface area (Å²) in [6.07, 6.45) is 10.8. The first-order valence-electron chi connectivity index (χ1n) is 10.5. The molecule has 3 aliphatic rings. The third-order valence-corrected chi connectivity index (χ3v) is 6.84. The summed E-state index contributed by atoms with van der Waals surface area (Å²) in [5, 5.41) is 15.2. The van der Waals surface area contributed by atoms with Gasteiger partial charge >= 0.3 is 0 Å². The zero-order valence-corrected chi connectivity index (χ0v) is 15.8. The number of aryl methyl sites for hydroxylation is 2. The molecule has 5 rings (SSSR count). The Morgan fingerprint density at radius 3 is 2.67 bits per heavy atom. The summed E-state index contributed by atoms with van der Waals surface area (Å²) in [7, 11) is 0. The van der Waals surface area contributed by atoms with Crippen molar-refractivity contribution in [1.82, 2.24) is 19.7 Å². The van der Waals surface area contributed by atoms with Crippen LogP contribution in [-0.2, 0) is 19.4 Å². The zero-order valence-electron chi connectivity index (χ0n) is 15.8. The van der Waals surface area contributed by atoms with E-state index >= 15 is 0 Å². The molecule has 142 valence electrons. The number of H-pyrrole nitrogens is 1. The fourth-order valence-electron chi connectivity index (χ4n) is 5.31. The lowest BCUT2D eigenvalue weighted by atomic mass is 9.88. The van der Waals surface area contributed by atoms with Crippen molar-refractivity contribution in [2.75, 3.05) is 6.54 Å². The molecule has 2 aromatic heterocycles. The van der Waals surface area contributed by atoms with Gasteiger partial charge in [-0.2, -0.15) is 10.4 Å². The van der Waals surface area contributed by atoms with Crippen LogP contribution in [0.2, 0.25) is 0 Å². The number of aromatic amines is 1. The Kier molecular flexibility index (Phi) is 4.28. The molecular formula is C21H27N5O. The first-order chi connectivity index (χ1) is 13.3. The maximum Gasteiger partial charge on any atom is 0.253 e. The van der Waals surface area contributed by atoms with Crippen molar-refractivity contribution >= 4 is 11.0 Å². The molecule has 0 radical (unpaired) electrons. The first kappa shape index (κ1) is 17.0. The normalized spacial score (nSPS) is 23.3. The summed E-state index contributed by atoms with van der Waals surface area (Å²) in [5.74, 6) is 0. The lowest BCUT2D eigenvalue weighted by molar-refractivity contribution is 0.112. The maximum atomic E-state index is 12.7. The second-order valence-corrected chi connectivity index (χ2v) is 8.34. The fourth-order valence-corrected chi connectivity index (χ4v) is 5.31. The average Bonchev–Trinajstić information content (AvgIpc) is 3.23. The quantitative estimate of drug-likeness (QED) is 0.902. The van der Waals surface area contributed by atoms with Gasteiger partial charge in [0.05, 0.1) is 30.8 Å². The van der Waals surface area contributed by atoms with Gasteiger partial charge in [-0.25, -0.2) is 4.68 Å². The molecule has 0 aromatic carbocycles. The molecule has 1 saturated heterocycles. The third-order valence-electron chi connectivity index (χ3n) is 6.84. The third kappa shape index (κ3) is 2.71. The number of pyridine rings is 1. The van der Waals surface area contributed by atoms with Crippen molar-refractivity contribution < 1.29 is 0 Å². The van der Waals surface area contributed by atoms with Crippen molar-refractivity contribution in [2.24, 2.45) is 0 Å². The molecule has 0 amide bonds. The molecule has 1 aliphatic heterocycles. The van der Waals surface area contributed by atoms with E-state index in [0.717, 1.165) is 55.6 Å². The van der Waals surface area contributed by atoms with Gasteiger partial charge in [0, 0.05) is 17.0 Å².